The van der Waals surface area contributed by atoms with Crippen LogP contribution in [0.3, 0.4) is 0 Å². The summed E-state index contributed by atoms with van der Waals surface area (Å²) < 4.78 is 24.5. The fourth-order valence-corrected chi connectivity index (χ4v) is 4.18. The van der Waals surface area contributed by atoms with Crippen molar-refractivity contribution in [1.29, 1.82) is 0 Å². The molecule has 0 bridgehead atoms. The number of benzene rings is 1. The van der Waals surface area contributed by atoms with Gasteiger partial charge < -0.3 is 5.32 Å². The summed E-state index contributed by atoms with van der Waals surface area (Å²) >= 11 is 0. The van der Waals surface area contributed by atoms with E-state index in [-0.39, 0.29) is 17.9 Å². The predicted molar refractivity (Wildman–Crippen MR) is 96.4 cm³/mol. The Morgan fingerprint density at radius 2 is 1.67 bits per heavy atom. The SMILES string of the molecule is Cc1cc(C)c(C(C)NC(=O)C2CCN(S(C)(=O)=O)CC2)cc1C. The number of carbonyl (C=O) groups excluding carboxylic acids is 1. The maximum absolute atomic E-state index is 12.5. The number of amides is 1. The van der Waals surface area contributed by atoms with Crippen molar-refractivity contribution in [2.45, 2.75) is 46.6 Å². The molecule has 1 amide bonds. The van der Waals surface area contributed by atoms with Gasteiger partial charge in [-0.3, -0.25) is 4.79 Å². The fraction of sp³-hybridized carbons (Fsp3) is 0.611. The molecule has 1 unspecified atom stereocenters. The van der Waals surface area contributed by atoms with Gasteiger partial charge in [0.1, 0.15) is 0 Å². The third kappa shape index (κ3) is 4.36. The van der Waals surface area contributed by atoms with E-state index < -0.39 is 10.0 Å². The Labute approximate surface area is 145 Å². The van der Waals surface area contributed by atoms with Crippen LogP contribution in [0.25, 0.3) is 0 Å². The number of nitrogens with one attached hydrogen (secondary N) is 1. The normalized spacial score (nSPS) is 18.4. The van der Waals surface area contributed by atoms with Crippen molar-refractivity contribution in [2.24, 2.45) is 5.92 Å². The lowest BCUT2D eigenvalue weighted by Gasteiger charge is -2.30. The van der Waals surface area contributed by atoms with Crippen LogP contribution in [0.5, 0.6) is 0 Å². The molecule has 134 valence electrons. The van der Waals surface area contributed by atoms with Gasteiger partial charge in [-0.1, -0.05) is 12.1 Å². The van der Waals surface area contributed by atoms with Gasteiger partial charge in [-0.2, -0.15) is 0 Å². The molecule has 24 heavy (non-hydrogen) atoms. The van der Waals surface area contributed by atoms with Crippen LogP contribution < -0.4 is 5.32 Å². The number of carbonyl (C=O) groups is 1. The van der Waals surface area contributed by atoms with Gasteiger partial charge in [0.2, 0.25) is 15.9 Å². The molecule has 0 spiro atoms. The summed E-state index contributed by atoms with van der Waals surface area (Å²) in [4.78, 5) is 12.5. The summed E-state index contributed by atoms with van der Waals surface area (Å²) in [5, 5.41) is 3.10. The first-order valence-electron chi connectivity index (χ1n) is 8.43. The minimum atomic E-state index is -3.15. The van der Waals surface area contributed by atoms with Crippen LogP contribution in [0.1, 0.15) is 48.1 Å². The summed E-state index contributed by atoms with van der Waals surface area (Å²) in [6, 6.07) is 4.24. The van der Waals surface area contributed by atoms with Gasteiger partial charge in [0.25, 0.3) is 0 Å². The van der Waals surface area contributed by atoms with Crippen molar-refractivity contribution in [2.75, 3.05) is 19.3 Å². The van der Waals surface area contributed by atoms with E-state index >= 15 is 0 Å². The van der Waals surface area contributed by atoms with E-state index in [1.807, 2.05) is 6.92 Å². The van der Waals surface area contributed by atoms with Crippen LogP contribution in [0.4, 0.5) is 0 Å². The second-order valence-corrected chi connectivity index (χ2v) is 8.94. The van der Waals surface area contributed by atoms with E-state index in [1.165, 1.54) is 27.3 Å². The second kappa shape index (κ2) is 7.23. The van der Waals surface area contributed by atoms with Crippen LogP contribution >= 0.6 is 0 Å². The Balaban J connectivity index is 1.99. The number of rotatable bonds is 4. The highest BCUT2D eigenvalue weighted by Crippen LogP contribution is 2.24. The lowest BCUT2D eigenvalue weighted by Crippen LogP contribution is -2.43. The van der Waals surface area contributed by atoms with Gasteiger partial charge >= 0.3 is 0 Å². The topological polar surface area (TPSA) is 66.5 Å². The molecular formula is C18H28N2O3S. The molecule has 1 aliphatic heterocycles. The molecule has 2 rings (SSSR count). The van der Waals surface area contributed by atoms with Crippen LogP contribution in [0.2, 0.25) is 0 Å². The smallest absolute Gasteiger partial charge is 0.223 e. The maximum Gasteiger partial charge on any atom is 0.223 e. The minimum Gasteiger partial charge on any atom is -0.349 e. The lowest BCUT2D eigenvalue weighted by atomic mass is 9.94. The molecule has 6 heteroatoms. The van der Waals surface area contributed by atoms with Crippen LogP contribution in [-0.2, 0) is 14.8 Å². The third-order valence-electron chi connectivity index (χ3n) is 5.00. The molecular weight excluding hydrogens is 324 g/mol. The van der Waals surface area contributed by atoms with E-state index in [9.17, 15) is 13.2 Å². The zero-order chi connectivity index (χ0) is 18.1. The van der Waals surface area contributed by atoms with Gasteiger partial charge in [0, 0.05) is 19.0 Å². The third-order valence-corrected chi connectivity index (χ3v) is 6.30. The first-order valence-corrected chi connectivity index (χ1v) is 10.3. The quantitative estimate of drug-likeness (QED) is 0.905. The number of hydrogen-bond donors (Lipinski definition) is 1. The summed E-state index contributed by atoms with van der Waals surface area (Å²) in [6.07, 6.45) is 2.38. The second-order valence-electron chi connectivity index (χ2n) is 6.96. The van der Waals surface area contributed by atoms with Crippen LogP contribution in [0, 0.1) is 26.7 Å². The van der Waals surface area contributed by atoms with Crippen LogP contribution in [0.15, 0.2) is 12.1 Å². The van der Waals surface area contributed by atoms with E-state index in [0.717, 1.165) is 5.56 Å². The minimum absolute atomic E-state index is 0.0216. The van der Waals surface area contributed by atoms with Crippen molar-refractivity contribution in [3.63, 3.8) is 0 Å². The van der Waals surface area contributed by atoms with Crippen LogP contribution in [-0.4, -0.2) is 38.0 Å². The van der Waals surface area contributed by atoms with Gasteiger partial charge in [-0.15, -0.1) is 0 Å². The molecule has 1 aromatic carbocycles. The Morgan fingerprint density at radius 3 is 2.21 bits per heavy atom. The molecule has 0 aromatic heterocycles. The Bertz CT molecular complexity index is 720. The van der Waals surface area contributed by atoms with E-state index in [2.05, 4.69) is 38.2 Å². The van der Waals surface area contributed by atoms with Crippen molar-refractivity contribution in [3.8, 4) is 0 Å². The molecule has 1 aliphatic rings. The number of nitrogens with zero attached hydrogens (tertiary/aromatic N) is 1. The molecule has 1 atom stereocenters. The summed E-state index contributed by atoms with van der Waals surface area (Å²) in [6.45, 7) is 9.08. The number of hydrogen-bond acceptors (Lipinski definition) is 3. The zero-order valence-corrected chi connectivity index (χ0v) is 16.0. The molecule has 1 aromatic rings. The van der Waals surface area contributed by atoms with E-state index in [0.29, 0.717) is 25.9 Å². The molecule has 0 aliphatic carbocycles. The highest BCUT2D eigenvalue weighted by atomic mass is 32.2. The van der Waals surface area contributed by atoms with Crippen molar-refractivity contribution < 1.29 is 13.2 Å². The number of aryl methyl sites for hydroxylation is 3. The first-order chi connectivity index (χ1) is 11.1. The average Bonchev–Trinajstić information content (AvgIpc) is 2.50. The summed E-state index contributed by atoms with van der Waals surface area (Å²) in [5.74, 6) is -0.0921. The van der Waals surface area contributed by atoms with Gasteiger partial charge in [-0.25, -0.2) is 12.7 Å². The molecule has 0 saturated carbocycles. The Kier molecular flexibility index (Phi) is 5.71. The van der Waals surface area contributed by atoms with Gasteiger partial charge in [0.15, 0.2) is 0 Å². The maximum atomic E-state index is 12.5. The van der Waals surface area contributed by atoms with E-state index in [4.69, 9.17) is 0 Å². The van der Waals surface area contributed by atoms with Gasteiger partial charge in [-0.05, 0) is 62.8 Å². The highest BCUT2D eigenvalue weighted by Gasteiger charge is 2.29. The first kappa shape index (κ1) is 18.9. The molecule has 1 saturated heterocycles. The number of sulfonamides is 1. The fourth-order valence-electron chi connectivity index (χ4n) is 3.31. The largest absolute Gasteiger partial charge is 0.349 e. The van der Waals surface area contributed by atoms with Crippen molar-refractivity contribution in [1.82, 2.24) is 9.62 Å². The number of piperidine rings is 1. The van der Waals surface area contributed by atoms with Crippen molar-refractivity contribution in [3.05, 3.63) is 34.4 Å². The zero-order valence-electron chi connectivity index (χ0n) is 15.2. The lowest BCUT2D eigenvalue weighted by molar-refractivity contribution is -0.126. The molecule has 0 radical (unpaired) electrons. The molecule has 1 heterocycles. The monoisotopic (exact) mass is 352 g/mol. The Hall–Kier alpha value is -1.40. The molecule has 5 nitrogen and oxygen atoms in total. The highest BCUT2D eigenvalue weighted by molar-refractivity contribution is 7.88. The predicted octanol–water partition coefficient (Wildman–Crippen LogP) is 2.46. The van der Waals surface area contributed by atoms with Gasteiger partial charge in [0.05, 0.1) is 12.3 Å². The Morgan fingerprint density at radius 1 is 1.12 bits per heavy atom. The standard InChI is InChI=1S/C18H28N2O3S/c1-12-10-14(3)17(11-13(12)2)15(4)19-18(21)16-6-8-20(9-7-16)24(5,22)23/h10-11,15-16H,6-9H2,1-5H3,(H,19,21). The van der Waals surface area contributed by atoms with Crippen molar-refractivity contribution >= 4 is 15.9 Å². The average molecular weight is 353 g/mol. The molecule has 1 fully saturated rings. The summed E-state index contributed by atoms with van der Waals surface area (Å²) in [5.41, 5.74) is 4.79. The summed E-state index contributed by atoms with van der Waals surface area (Å²) in [7, 11) is -3.15. The van der Waals surface area contributed by atoms with E-state index in [1.54, 1.807) is 0 Å². The molecule has 1 N–H and O–H groups in total.